The molecule has 0 spiro atoms. The first-order chi connectivity index (χ1) is 5.74. The number of hydrogen-bond donors (Lipinski definition) is 1. The smallest absolute Gasteiger partial charge is 0.0933 e. The van der Waals surface area contributed by atoms with Gasteiger partial charge in [-0.25, -0.2) is 0 Å². The lowest BCUT2D eigenvalue weighted by Crippen LogP contribution is -1.95. The predicted octanol–water partition coefficient (Wildman–Crippen LogP) is 1.82. The molecule has 0 aliphatic rings. The molecule has 1 rings (SSSR count). The summed E-state index contributed by atoms with van der Waals surface area (Å²) in [5.41, 5.74) is 8.18. The van der Waals surface area contributed by atoms with Gasteiger partial charge in [0.15, 0.2) is 0 Å². The lowest BCUT2D eigenvalue weighted by Gasteiger charge is -1.99. The van der Waals surface area contributed by atoms with E-state index in [1.165, 1.54) is 11.6 Å². The Morgan fingerprint density at radius 1 is 1.42 bits per heavy atom. The molecule has 0 atom stereocenters. The van der Waals surface area contributed by atoms with E-state index in [0.717, 1.165) is 5.56 Å². The van der Waals surface area contributed by atoms with Crippen LogP contribution in [0.2, 0.25) is 0 Å². The van der Waals surface area contributed by atoms with Gasteiger partial charge in [0, 0.05) is 11.8 Å². The number of nitrogens with two attached hydrogens (primary N) is 1. The van der Waals surface area contributed by atoms with Crippen molar-refractivity contribution in [3.63, 3.8) is 0 Å². The first-order valence-electron chi connectivity index (χ1n) is 3.66. The van der Waals surface area contributed by atoms with Gasteiger partial charge in [0.05, 0.1) is 6.07 Å². The molecule has 0 aliphatic carbocycles. The van der Waals surface area contributed by atoms with Crippen LogP contribution in [0.15, 0.2) is 30.3 Å². The number of hydrogen-bond acceptors (Lipinski definition) is 2. The van der Waals surface area contributed by atoms with Gasteiger partial charge in [0.1, 0.15) is 0 Å². The first kappa shape index (κ1) is 8.35. The zero-order chi connectivity index (χ0) is 8.97. The third-order valence-corrected chi connectivity index (χ3v) is 1.60. The van der Waals surface area contributed by atoms with Crippen LogP contribution in [0.1, 0.15) is 11.1 Å². The molecule has 2 heteroatoms. The molecule has 0 aliphatic heterocycles. The van der Waals surface area contributed by atoms with E-state index in [4.69, 9.17) is 11.0 Å². The van der Waals surface area contributed by atoms with Gasteiger partial charge in [0.25, 0.3) is 0 Å². The Kier molecular flexibility index (Phi) is 2.49. The number of allylic oxidation sites excluding steroid dienone is 1. The summed E-state index contributed by atoms with van der Waals surface area (Å²) in [7, 11) is 0. The Labute approximate surface area is 71.9 Å². The van der Waals surface area contributed by atoms with Crippen molar-refractivity contribution < 1.29 is 0 Å². The van der Waals surface area contributed by atoms with Crippen LogP contribution in [0.4, 0.5) is 0 Å². The first-order valence-corrected chi connectivity index (χ1v) is 3.66. The maximum absolute atomic E-state index is 8.35. The summed E-state index contributed by atoms with van der Waals surface area (Å²) in [4.78, 5) is 0. The molecule has 0 bridgehead atoms. The lowest BCUT2D eigenvalue weighted by atomic mass is 10.1. The summed E-state index contributed by atoms with van der Waals surface area (Å²) >= 11 is 0. The summed E-state index contributed by atoms with van der Waals surface area (Å²) < 4.78 is 0. The zero-order valence-electron chi connectivity index (χ0n) is 6.91. The van der Waals surface area contributed by atoms with E-state index in [-0.39, 0.29) is 0 Å². The van der Waals surface area contributed by atoms with E-state index in [1.807, 2.05) is 37.3 Å². The third-order valence-electron chi connectivity index (χ3n) is 1.60. The standard InChI is InChI=1S/C10H10N2/c1-8-2-4-9(5-3-8)10(12)6-7-11/h2-6H,12H2,1H3/b10-6-. The summed E-state index contributed by atoms with van der Waals surface area (Å²) in [5.74, 6) is 0. The summed E-state index contributed by atoms with van der Waals surface area (Å²) in [5, 5.41) is 8.35. The fourth-order valence-corrected chi connectivity index (χ4v) is 0.899. The van der Waals surface area contributed by atoms with Crippen LogP contribution < -0.4 is 5.73 Å². The van der Waals surface area contributed by atoms with Crippen molar-refractivity contribution in [2.45, 2.75) is 6.92 Å². The van der Waals surface area contributed by atoms with Gasteiger partial charge in [-0.2, -0.15) is 5.26 Å². The van der Waals surface area contributed by atoms with Crippen LogP contribution in [0.25, 0.3) is 5.70 Å². The zero-order valence-corrected chi connectivity index (χ0v) is 6.91. The summed E-state index contributed by atoms with van der Waals surface area (Å²) in [6.45, 7) is 2.01. The molecule has 0 radical (unpaired) electrons. The van der Waals surface area contributed by atoms with E-state index >= 15 is 0 Å². The third kappa shape index (κ3) is 1.86. The maximum Gasteiger partial charge on any atom is 0.0933 e. The van der Waals surface area contributed by atoms with Crippen LogP contribution in [-0.4, -0.2) is 0 Å². The van der Waals surface area contributed by atoms with Gasteiger partial charge in [-0.15, -0.1) is 0 Å². The van der Waals surface area contributed by atoms with Gasteiger partial charge < -0.3 is 5.73 Å². The Morgan fingerprint density at radius 2 is 2.00 bits per heavy atom. The van der Waals surface area contributed by atoms with Crippen molar-refractivity contribution in [1.29, 1.82) is 5.26 Å². The molecule has 1 aromatic carbocycles. The van der Waals surface area contributed by atoms with E-state index < -0.39 is 0 Å². The van der Waals surface area contributed by atoms with Crippen molar-refractivity contribution in [2.24, 2.45) is 5.73 Å². The molecule has 2 N–H and O–H groups in total. The van der Waals surface area contributed by atoms with E-state index in [9.17, 15) is 0 Å². The highest BCUT2D eigenvalue weighted by atomic mass is 14.6. The fourth-order valence-electron chi connectivity index (χ4n) is 0.899. The van der Waals surface area contributed by atoms with Crippen LogP contribution >= 0.6 is 0 Å². The molecule has 0 heterocycles. The second-order valence-corrected chi connectivity index (χ2v) is 2.59. The van der Waals surface area contributed by atoms with E-state index in [0.29, 0.717) is 5.70 Å². The largest absolute Gasteiger partial charge is 0.398 e. The van der Waals surface area contributed by atoms with Gasteiger partial charge in [0.2, 0.25) is 0 Å². The number of rotatable bonds is 1. The number of nitrogens with zero attached hydrogens (tertiary/aromatic N) is 1. The SMILES string of the molecule is Cc1ccc(/C(N)=C/C#N)cc1. The Bertz CT molecular complexity index is 328. The van der Waals surface area contributed by atoms with Gasteiger partial charge in [-0.1, -0.05) is 29.8 Å². The van der Waals surface area contributed by atoms with Gasteiger partial charge >= 0.3 is 0 Å². The predicted molar refractivity (Wildman–Crippen MR) is 49.0 cm³/mol. The van der Waals surface area contributed by atoms with Crippen molar-refractivity contribution in [3.8, 4) is 6.07 Å². The molecule has 0 saturated heterocycles. The number of benzene rings is 1. The highest BCUT2D eigenvalue weighted by Crippen LogP contribution is 2.09. The van der Waals surface area contributed by atoms with E-state index in [2.05, 4.69) is 0 Å². The second kappa shape index (κ2) is 3.59. The van der Waals surface area contributed by atoms with Crippen molar-refractivity contribution in [3.05, 3.63) is 41.5 Å². The van der Waals surface area contributed by atoms with Crippen molar-refractivity contribution in [2.75, 3.05) is 0 Å². The molecule has 0 aromatic heterocycles. The molecule has 0 unspecified atom stereocenters. The molecule has 60 valence electrons. The Morgan fingerprint density at radius 3 is 2.50 bits per heavy atom. The fraction of sp³-hybridized carbons (Fsp3) is 0.100. The quantitative estimate of drug-likeness (QED) is 0.634. The summed E-state index contributed by atoms with van der Waals surface area (Å²) in [6, 6.07) is 9.63. The monoisotopic (exact) mass is 158 g/mol. The minimum Gasteiger partial charge on any atom is -0.398 e. The minimum atomic E-state index is 0.512. The highest BCUT2D eigenvalue weighted by Gasteiger charge is 1.93. The molecular weight excluding hydrogens is 148 g/mol. The number of aryl methyl sites for hydroxylation is 1. The number of nitriles is 1. The van der Waals surface area contributed by atoms with E-state index in [1.54, 1.807) is 0 Å². The molecular formula is C10H10N2. The molecule has 12 heavy (non-hydrogen) atoms. The van der Waals surface area contributed by atoms with Crippen LogP contribution in [-0.2, 0) is 0 Å². The Hall–Kier alpha value is -1.75. The molecule has 0 fully saturated rings. The van der Waals surface area contributed by atoms with Crippen LogP contribution in [0.5, 0.6) is 0 Å². The molecule has 2 nitrogen and oxygen atoms in total. The second-order valence-electron chi connectivity index (χ2n) is 2.59. The molecule has 1 aromatic rings. The minimum absolute atomic E-state index is 0.512. The highest BCUT2D eigenvalue weighted by molar-refractivity contribution is 5.64. The van der Waals surface area contributed by atoms with Gasteiger partial charge in [-0.05, 0) is 12.5 Å². The van der Waals surface area contributed by atoms with Crippen LogP contribution in [0, 0.1) is 18.3 Å². The summed E-state index contributed by atoms with van der Waals surface area (Å²) in [6.07, 6.45) is 1.34. The van der Waals surface area contributed by atoms with Gasteiger partial charge in [-0.3, -0.25) is 0 Å². The maximum atomic E-state index is 8.35. The van der Waals surface area contributed by atoms with Crippen molar-refractivity contribution >= 4 is 5.70 Å². The lowest BCUT2D eigenvalue weighted by molar-refractivity contribution is 1.43. The van der Waals surface area contributed by atoms with Crippen LogP contribution in [0.3, 0.4) is 0 Å². The van der Waals surface area contributed by atoms with Crippen molar-refractivity contribution in [1.82, 2.24) is 0 Å². The Balaban J connectivity index is 2.99. The molecule has 0 amide bonds. The topological polar surface area (TPSA) is 49.8 Å². The molecule has 0 saturated carbocycles. The average molecular weight is 158 g/mol. The average Bonchev–Trinajstić information content (AvgIpc) is 2.06. The normalized spacial score (nSPS) is 10.8.